The Labute approximate surface area is 130 Å². The number of thioether (sulfide) groups is 1. The largest absolute Gasteiger partial charge is 0.377 e. The first-order valence-corrected chi connectivity index (χ1v) is 8.54. The maximum atomic E-state index is 9.46. The molecule has 0 bridgehead atoms. The molecule has 112 valence electrons. The van der Waals surface area contributed by atoms with Gasteiger partial charge in [-0.1, -0.05) is 13.0 Å². The molecule has 1 aromatic rings. The second-order valence-corrected chi connectivity index (χ2v) is 6.92. The average Bonchev–Trinajstić information content (AvgIpc) is 2.52. The topological polar surface area (TPSA) is 71.1 Å². The van der Waals surface area contributed by atoms with E-state index in [1.54, 1.807) is 11.8 Å². The number of rotatable bonds is 4. The fraction of sp³-hybridized carbons (Fsp3) is 0.562. The van der Waals surface area contributed by atoms with E-state index in [4.69, 9.17) is 10.5 Å². The number of anilines is 1. The van der Waals surface area contributed by atoms with E-state index in [9.17, 15) is 5.26 Å². The lowest BCUT2D eigenvalue weighted by Gasteiger charge is -2.52. The molecule has 1 heterocycles. The summed E-state index contributed by atoms with van der Waals surface area (Å²) in [5.74, 6) is 1.42. The number of fused-ring (bicyclic) bond motifs is 1. The summed E-state index contributed by atoms with van der Waals surface area (Å²) in [5, 5.41) is 12.9. The molecule has 1 saturated carbocycles. The highest BCUT2D eigenvalue weighted by molar-refractivity contribution is 7.99. The van der Waals surface area contributed by atoms with Gasteiger partial charge in [-0.2, -0.15) is 5.26 Å². The smallest absolute Gasteiger partial charge is 0.102 e. The van der Waals surface area contributed by atoms with Gasteiger partial charge in [0.1, 0.15) is 6.07 Å². The van der Waals surface area contributed by atoms with Crippen LogP contribution in [-0.4, -0.2) is 30.5 Å². The zero-order valence-electron chi connectivity index (χ0n) is 12.2. The fourth-order valence-corrected chi connectivity index (χ4v) is 4.13. The minimum atomic E-state index is 0.115. The molecule has 0 aromatic heterocycles. The van der Waals surface area contributed by atoms with Crippen molar-refractivity contribution in [2.24, 2.45) is 11.7 Å². The Kier molecular flexibility index (Phi) is 4.39. The van der Waals surface area contributed by atoms with Crippen LogP contribution < -0.4 is 11.1 Å². The third-order valence-electron chi connectivity index (χ3n) is 4.44. The van der Waals surface area contributed by atoms with E-state index in [0.29, 0.717) is 5.92 Å². The molecule has 1 aliphatic carbocycles. The number of hydrogen-bond donors (Lipinski definition) is 2. The Balaban J connectivity index is 1.79. The van der Waals surface area contributed by atoms with E-state index in [0.717, 1.165) is 41.3 Å². The van der Waals surface area contributed by atoms with Crippen LogP contribution in [0.4, 0.5) is 5.69 Å². The summed E-state index contributed by atoms with van der Waals surface area (Å²) in [7, 11) is 0. The van der Waals surface area contributed by atoms with Gasteiger partial charge < -0.3 is 15.8 Å². The summed E-state index contributed by atoms with van der Waals surface area (Å²) in [6.45, 7) is 2.91. The quantitative estimate of drug-likeness (QED) is 0.837. The Morgan fingerprint density at radius 2 is 2.38 bits per heavy atom. The molecular formula is C16H21N3OS. The lowest BCUT2D eigenvalue weighted by atomic mass is 9.68. The third kappa shape index (κ3) is 2.64. The highest BCUT2D eigenvalue weighted by Crippen LogP contribution is 2.39. The van der Waals surface area contributed by atoms with E-state index in [-0.39, 0.29) is 18.2 Å². The molecular weight excluding hydrogens is 282 g/mol. The monoisotopic (exact) mass is 303 g/mol. The van der Waals surface area contributed by atoms with Gasteiger partial charge in [-0.25, -0.2) is 0 Å². The summed E-state index contributed by atoms with van der Waals surface area (Å²) in [5.41, 5.74) is 7.88. The first kappa shape index (κ1) is 14.7. The van der Waals surface area contributed by atoms with Gasteiger partial charge in [-0.05, 0) is 30.7 Å². The van der Waals surface area contributed by atoms with E-state index in [1.807, 2.05) is 18.2 Å². The summed E-state index contributed by atoms with van der Waals surface area (Å²) in [4.78, 5) is 1.03. The standard InChI is InChI=1S/C16H21N3OS/c1-2-21-13-7-3-6-12(11(13)9-17)19-15-14(18)10-5-4-8-20-16(10)15/h3,6-7,10,14-16,19H,2,4-5,8,18H2,1H3. The summed E-state index contributed by atoms with van der Waals surface area (Å²) in [6, 6.07) is 8.50. The lowest BCUT2D eigenvalue weighted by Crippen LogP contribution is -2.69. The fourth-order valence-electron chi connectivity index (χ4n) is 3.35. The first-order valence-electron chi connectivity index (χ1n) is 7.56. The highest BCUT2D eigenvalue weighted by Gasteiger charge is 2.50. The van der Waals surface area contributed by atoms with Gasteiger partial charge in [0.05, 0.1) is 23.4 Å². The molecule has 1 saturated heterocycles. The zero-order chi connectivity index (χ0) is 14.8. The maximum absolute atomic E-state index is 9.46. The molecule has 0 amide bonds. The number of ether oxygens (including phenoxy) is 1. The SMILES string of the molecule is CCSc1cccc(NC2C(N)C3CCCOC32)c1C#N. The van der Waals surface area contributed by atoms with Crippen LogP contribution in [0.15, 0.2) is 23.1 Å². The number of hydrogen-bond acceptors (Lipinski definition) is 5. The number of nitrogens with one attached hydrogen (secondary N) is 1. The van der Waals surface area contributed by atoms with Crippen LogP contribution in [0.25, 0.3) is 0 Å². The first-order chi connectivity index (χ1) is 10.3. The minimum Gasteiger partial charge on any atom is -0.377 e. The van der Waals surface area contributed by atoms with Crippen LogP contribution in [0.2, 0.25) is 0 Å². The van der Waals surface area contributed by atoms with Crippen LogP contribution in [0.1, 0.15) is 25.3 Å². The molecule has 4 atom stereocenters. The predicted molar refractivity (Wildman–Crippen MR) is 85.4 cm³/mol. The van der Waals surface area contributed by atoms with Crippen molar-refractivity contribution in [3.8, 4) is 6.07 Å². The number of nitriles is 1. The normalized spacial score (nSPS) is 30.9. The summed E-state index contributed by atoms with van der Waals surface area (Å²) in [6.07, 6.45) is 2.46. The Bertz CT molecular complexity index is 557. The van der Waals surface area contributed by atoms with Crippen molar-refractivity contribution in [1.82, 2.24) is 0 Å². The van der Waals surface area contributed by atoms with Crippen molar-refractivity contribution in [2.75, 3.05) is 17.7 Å². The average molecular weight is 303 g/mol. The van der Waals surface area contributed by atoms with Crippen LogP contribution in [0.5, 0.6) is 0 Å². The molecule has 21 heavy (non-hydrogen) atoms. The van der Waals surface area contributed by atoms with E-state index in [2.05, 4.69) is 18.3 Å². The molecule has 3 N–H and O–H groups in total. The van der Waals surface area contributed by atoms with Crippen molar-refractivity contribution in [3.05, 3.63) is 23.8 Å². The van der Waals surface area contributed by atoms with Crippen molar-refractivity contribution in [1.29, 1.82) is 5.26 Å². The van der Waals surface area contributed by atoms with Gasteiger partial charge in [-0.3, -0.25) is 0 Å². The molecule has 5 heteroatoms. The highest BCUT2D eigenvalue weighted by atomic mass is 32.2. The van der Waals surface area contributed by atoms with Crippen molar-refractivity contribution < 1.29 is 4.74 Å². The summed E-state index contributed by atoms with van der Waals surface area (Å²) >= 11 is 1.69. The second kappa shape index (κ2) is 6.27. The lowest BCUT2D eigenvalue weighted by molar-refractivity contribution is -0.104. The molecule has 4 nitrogen and oxygen atoms in total. The Morgan fingerprint density at radius 3 is 3.14 bits per heavy atom. The molecule has 3 rings (SSSR count). The van der Waals surface area contributed by atoms with Gasteiger partial charge in [-0.15, -0.1) is 11.8 Å². The molecule has 0 spiro atoms. The van der Waals surface area contributed by atoms with Gasteiger partial charge in [0.15, 0.2) is 0 Å². The van der Waals surface area contributed by atoms with Gasteiger partial charge in [0.25, 0.3) is 0 Å². The van der Waals surface area contributed by atoms with Crippen molar-refractivity contribution in [2.45, 2.75) is 42.8 Å². The third-order valence-corrected chi connectivity index (χ3v) is 5.38. The van der Waals surface area contributed by atoms with Crippen LogP contribution in [-0.2, 0) is 4.74 Å². The van der Waals surface area contributed by atoms with Gasteiger partial charge >= 0.3 is 0 Å². The van der Waals surface area contributed by atoms with E-state index in [1.165, 1.54) is 0 Å². The number of nitrogens with zero attached hydrogens (tertiary/aromatic N) is 1. The Hall–Kier alpha value is -1.22. The molecule has 1 aliphatic heterocycles. The number of benzene rings is 1. The van der Waals surface area contributed by atoms with Crippen molar-refractivity contribution >= 4 is 17.4 Å². The number of nitrogens with two attached hydrogens (primary N) is 1. The van der Waals surface area contributed by atoms with Gasteiger partial charge in [0.2, 0.25) is 0 Å². The molecule has 2 aliphatic rings. The Morgan fingerprint density at radius 1 is 1.52 bits per heavy atom. The second-order valence-electron chi connectivity index (χ2n) is 5.61. The molecule has 0 radical (unpaired) electrons. The molecule has 1 aromatic carbocycles. The van der Waals surface area contributed by atoms with Crippen molar-refractivity contribution in [3.63, 3.8) is 0 Å². The van der Waals surface area contributed by atoms with Crippen LogP contribution in [0.3, 0.4) is 0 Å². The van der Waals surface area contributed by atoms with Gasteiger partial charge in [0, 0.05) is 23.5 Å². The predicted octanol–water partition coefficient (Wildman–Crippen LogP) is 2.59. The molecule has 4 unspecified atom stereocenters. The minimum absolute atomic E-state index is 0.115. The van der Waals surface area contributed by atoms with Crippen LogP contribution >= 0.6 is 11.8 Å². The molecule has 2 fully saturated rings. The summed E-state index contributed by atoms with van der Waals surface area (Å²) < 4.78 is 5.85. The van der Waals surface area contributed by atoms with Crippen LogP contribution in [0, 0.1) is 17.2 Å². The van der Waals surface area contributed by atoms with E-state index >= 15 is 0 Å². The maximum Gasteiger partial charge on any atom is 0.102 e. The zero-order valence-corrected chi connectivity index (χ0v) is 13.0. The van der Waals surface area contributed by atoms with E-state index < -0.39 is 0 Å².